The van der Waals surface area contributed by atoms with Gasteiger partial charge in [0.15, 0.2) is 0 Å². The summed E-state index contributed by atoms with van der Waals surface area (Å²) >= 11 is 6.49. The standard InChI is InChI=1S/C19H15Cl/c1-14-12-13-17(20)19(16-10-6-3-7-11-16)18(14)15-8-4-2-5-9-15/h2-13H,1H3. The molecule has 0 aliphatic heterocycles. The van der Waals surface area contributed by atoms with Crippen LogP contribution in [0.5, 0.6) is 0 Å². The maximum atomic E-state index is 6.49. The molecule has 3 rings (SSSR count). The van der Waals surface area contributed by atoms with Gasteiger partial charge in [-0.2, -0.15) is 0 Å². The fourth-order valence-corrected chi connectivity index (χ4v) is 2.81. The lowest BCUT2D eigenvalue weighted by Crippen LogP contribution is -1.90. The van der Waals surface area contributed by atoms with Gasteiger partial charge in [-0.05, 0) is 35.2 Å². The van der Waals surface area contributed by atoms with Gasteiger partial charge in [0.2, 0.25) is 0 Å². The summed E-state index contributed by atoms with van der Waals surface area (Å²) in [6, 6.07) is 24.8. The molecule has 0 saturated heterocycles. The van der Waals surface area contributed by atoms with Crippen LogP contribution in [0.2, 0.25) is 5.02 Å². The summed E-state index contributed by atoms with van der Waals surface area (Å²) in [6.07, 6.45) is 0. The number of rotatable bonds is 2. The summed E-state index contributed by atoms with van der Waals surface area (Å²) in [5, 5.41) is 0.792. The Morgan fingerprint density at radius 1 is 0.600 bits per heavy atom. The third-order valence-electron chi connectivity index (χ3n) is 3.49. The minimum absolute atomic E-state index is 0.792. The van der Waals surface area contributed by atoms with Crippen LogP contribution in [0, 0.1) is 6.92 Å². The minimum atomic E-state index is 0.792. The molecule has 0 bridgehead atoms. The van der Waals surface area contributed by atoms with Crippen LogP contribution in [-0.4, -0.2) is 0 Å². The molecule has 0 amide bonds. The average molecular weight is 279 g/mol. The van der Waals surface area contributed by atoms with E-state index in [9.17, 15) is 0 Å². The van der Waals surface area contributed by atoms with Crippen LogP contribution in [0.3, 0.4) is 0 Å². The van der Waals surface area contributed by atoms with Crippen LogP contribution >= 0.6 is 11.6 Å². The van der Waals surface area contributed by atoms with Gasteiger partial charge < -0.3 is 0 Å². The Hall–Kier alpha value is -2.05. The van der Waals surface area contributed by atoms with Crippen molar-refractivity contribution in [1.82, 2.24) is 0 Å². The van der Waals surface area contributed by atoms with Crippen LogP contribution in [0.4, 0.5) is 0 Å². The normalized spacial score (nSPS) is 10.5. The van der Waals surface area contributed by atoms with E-state index in [2.05, 4.69) is 49.4 Å². The molecule has 0 saturated carbocycles. The van der Waals surface area contributed by atoms with E-state index in [4.69, 9.17) is 11.6 Å². The molecule has 0 spiro atoms. The molecule has 0 radical (unpaired) electrons. The number of halogens is 1. The molecule has 0 aliphatic carbocycles. The first kappa shape index (κ1) is 13.0. The van der Waals surface area contributed by atoms with E-state index in [0.717, 1.165) is 16.1 Å². The first-order chi connectivity index (χ1) is 9.77. The zero-order chi connectivity index (χ0) is 13.9. The lowest BCUT2D eigenvalue weighted by molar-refractivity contribution is 1.45. The van der Waals surface area contributed by atoms with E-state index in [-0.39, 0.29) is 0 Å². The molecule has 0 N–H and O–H groups in total. The summed E-state index contributed by atoms with van der Waals surface area (Å²) in [5.74, 6) is 0. The molecule has 0 heterocycles. The highest BCUT2D eigenvalue weighted by Gasteiger charge is 2.13. The third-order valence-corrected chi connectivity index (χ3v) is 3.80. The Balaban J connectivity index is 2.32. The van der Waals surface area contributed by atoms with Gasteiger partial charge in [-0.3, -0.25) is 0 Å². The second-order valence-corrected chi connectivity index (χ2v) is 5.25. The number of aryl methyl sites for hydroxylation is 1. The van der Waals surface area contributed by atoms with E-state index in [1.807, 2.05) is 30.3 Å². The lowest BCUT2D eigenvalue weighted by atomic mass is 9.91. The van der Waals surface area contributed by atoms with Crippen molar-refractivity contribution < 1.29 is 0 Å². The van der Waals surface area contributed by atoms with Crippen LogP contribution in [0.25, 0.3) is 22.3 Å². The molecular weight excluding hydrogens is 264 g/mol. The third kappa shape index (κ3) is 2.35. The molecule has 98 valence electrons. The van der Waals surface area contributed by atoms with Gasteiger partial charge in [-0.25, -0.2) is 0 Å². The monoisotopic (exact) mass is 278 g/mol. The maximum absolute atomic E-state index is 6.49. The lowest BCUT2D eigenvalue weighted by Gasteiger charge is -2.15. The van der Waals surface area contributed by atoms with Crippen LogP contribution in [0.15, 0.2) is 72.8 Å². The fraction of sp³-hybridized carbons (Fsp3) is 0.0526. The zero-order valence-electron chi connectivity index (χ0n) is 11.3. The summed E-state index contributed by atoms with van der Waals surface area (Å²) in [4.78, 5) is 0. The number of hydrogen-bond acceptors (Lipinski definition) is 0. The van der Waals surface area contributed by atoms with E-state index in [0.29, 0.717) is 0 Å². The second-order valence-electron chi connectivity index (χ2n) is 4.85. The zero-order valence-corrected chi connectivity index (χ0v) is 12.1. The molecule has 3 aromatic rings. The molecule has 0 nitrogen and oxygen atoms in total. The van der Waals surface area contributed by atoms with Crippen molar-refractivity contribution >= 4 is 11.6 Å². The molecule has 1 heteroatoms. The first-order valence-corrected chi connectivity index (χ1v) is 7.05. The topological polar surface area (TPSA) is 0 Å². The maximum Gasteiger partial charge on any atom is 0.0490 e. The van der Waals surface area contributed by atoms with Gasteiger partial charge in [0.05, 0.1) is 0 Å². The average Bonchev–Trinajstić information content (AvgIpc) is 2.51. The SMILES string of the molecule is Cc1ccc(Cl)c(-c2ccccc2)c1-c1ccccc1. The predicted molar refractivity (Wildman–Crippen MR) is 87.1 cm³/mol. The van der Waals surface area contributed by atoms with Gasteiger partial charge in [0.1, 0.15) is 0 Å². The quantitative estimate of drug-likeness (QED) is 0.541. The van der Waals surface area contributed by atoms with Gasteiger partial charge >= 0.3 is 0 Å². The van der Waals surface area contributed by atoms with Crippen LogP contribution < -0.4 is 0 Å². The van der Waals surface area contributed by atoms with Crippen LogP contribution in [-0.2, 0) is 0 Å². The Morgan fingerprint density at radius 3 is 1.65 bits per heavy atom. The molecule has 0 aromatic heterocycles. The molecule has 3 aromatic carbocycles. The Labute approximate surface area is 124 Å². The number of benzene rings is 3. The summed E-state index contributed by atoms with van der Waals surface area (Å²) in [7, 11) is 0. The van der Waals surface area contributed by atoms with Crippen molar-refractivity contribution in [3.63, 3.8) is 0 Å². The van der Waals surface area contributed by atoms with E-state index in [1.54, 1.807) is 0 Å². The Morgan fingerprint density at radius 2 is 1.10 bits per heavy atom. The van der Waals surface area contributed by atoms with Crippen LogP contribution in [0.1, 0.15) is 5.56 Å². The van der Waals surface area contributed by atoms with Crippen molar-refractivity contribution in [2.24, 2.45) is 0 Å². The predicted octanol–water partition coefficient (Wildman–Crippen LogP) is 5.98. The smallest absolute Gasteiger partial charge is 0.0490 e. The molecule has 0 atom stereocenters. The number of hydrogen-bond donors (Lipinski definition) is 0. The van der Waals surface area contributed by atoms with Crippen molar-refractivity contribution in [2.45, 2.75) is 6.92 Å². The molecular formula is C19H15Cl. The Kier molecular flexibility index (Phi) is 3.58. The molecule has 0 fully saturated rings. The highest BCUT2D eigenvalue weighted by Crippen LogP contribution is 2.39. The molecule has 20 heavy (non-hydrogen) atoms. The van der Waals surface area contributed by atoms with Crippen molar-refractivity contribution in [3.8, 4) is 22.3 Å². The highest BCUT2D eigenvalue weighted by atomic mass is 35.5. The molecule has 0 aliphatic rings. The van der Waals surface area contributed by atoms with E-state index in [1.165, 1.54) is 16.7 Å². The summed E-state index contributed by atoms with van der Waals surface area (Å²) in [6.45, 7) is 2.13. The van der Waals surface area contributed by atoms with Gasteiger partial charge in [0.25, 0.3) is 0 Å². The second kappa shape index (κ2) is 5.52. The molecule has 0 unspecified atom stereocenters. The largest absolute Gasteiger partial charge is 0.0836 e. The van der Waals surface area contributed by atoms with E-state index >= 15 is 0 Å². The first-order valence-electron chi connectivity index (χ1n) is 6.67. The van der Waals surface area contributed by atoms with Crippen molar-refractivity contribution in [3.05, 3.63) is 83.4 Å². The Bertz CT molecular complexity index is 651. The summed E-state index contributed by atoms with van der Waals surface area (Å²) in [5.41, 5.74) is 5.91. The minimum Gasteiger partial charge on any atom is -0.0836 e. The van der Waals surface area contributed by atoms with Crippen molar-refractivity contribution in [2.75, 3.05) is 0 Å². The van der Waals surface area contributed by atoms with Gasteiger partial charge in [-0.1, -0.05) is 78.3 Å². The fourth-order valence-electron chi connectivity index (χ4n) is 2.55. The van der Waals surface area contributed by atoms with E-state index < -0.39 is 0 Å². The highest BCUT2D eigenvalue weighted by molar-refractivity contribution is 6.34. The van der Waals surface area contributed by atoms with Gasteiger partial charge in [0, 0.05) is 10.6 Å². The van der Waals surface area contributed by atoms with Crippen molar-refractivity contribution in [1.29, 1.82) is 0 Å². The summed E-state index contributed by atoms with van der Waals surface area (Å²) < 4.78 is 0. The van der Waals surface area contributed by atoms with Gasteiger partial charge in [-0.15, -0.1) is 0 Å².